The molecule has 0 aromatic heterocycles. The molecule has 2 rings (SSSR count). The van der Waals surface area contributed by atoms with Crippen molar-refractivity contribution in [3.63, 3.8) is 0 Å². The number of carbonyl (C=O) groups excluding carboxylic acids is 1. The highest BCUT2D eigenvalue weighted by atomic mass is 16.2. The quantitative estimate of drug-likeness (QED) is 0.673. The first kappa shape index (κ1) is 11.0. The van der Waals surface area contributed by atoms with Gasteiger partial charge in [0.25, 0.3) is 0 Å². The smallest absolute Gasteiger partial charge is 0.234 e. The Kier molecular flexibility index (Phi) is 2.41. The van der Waals surface area contributed by atoms with E-state index in [-0.39, 0.29) is 23.3 Å². The van der Waals surface area contributed by atoms with Crippen molar-refractivity contribution in [1.29, 1.82) is 0 Å². The van der Waals surface area contributed by atoms with Gasteiger partial charge >= 0.3 is 0 Å². The van der Waals surface area contributed by atoms with Crippen molar-refractivity contribution in [2.45, 2.75) is 26.3 Å². The zero-order chi connectivity index (χ0) is 11.9. The van der Waals surface area contributed by atoms with Crippen LogP contribution in [0, 0.1) is 11.8 Å². The molecule has 86 valence electrons. The highest BCUT2D eigenvalue weighted by Gasteiger charge is 2.38. The van der Waals surface area contributed by atoms with Crippen molar-refractivity contribution >= 4 is 5.91 Å². The number of amides is 1. The highest BCUT2D eigenvalue weighted by Crippen LogP contribution is 2.33. The van der Waals surface area contributed by atoms with Gasteiger partial charge < -0.3 is 10.6 Å². The highest BCUT2D eigenvalue weighted by molar-refractivity contribution is 5.85. The molecule has 0 saturated carbocycles. The maximum atomic E-state index is 12.3. The van der Waals surface area contributed by atoms with Gasteiger partial charge in [-0.05, 0) is 20.8 Å². The average molecular weight is 218 g/mol. The van der Waals surface area contributed by atoms with E-state index < -0.39 is 0 Å². The first-order chi connectivity index (χ1) is 7.41. The molecule has 0 aromatic rings. The van der Waals surface area contributed by atoms with E-state index >= 15 is 0 Å². The number of rotatable bonds is 0. The minimum Gasteiger partial charge on any atom is -0.400 e. The summed E-state index contributed by atoms with van der Waals surface area (Å²) in [6, 6.07) is 0. The van der Waals surface area contributed by atoms with E-state index in [1.165, 1.54) is 0 Å². The molecular weight excluding hydrogens is 200 g/mol. The summed E-state index contributed by atoms with van der Waals surface area (Å²) in [5.41, 5.74) is 6.56. The second-order valence-corrected chi connectivity index (χ2v) is 5.33. The Morgan fingerprint density at radius 2 is 1.75 bits per heavy atom. The molecular formula is C13H18N2O. The number of allylic oxidation sites excluding steroid dienone is 3. The van der Waals surface area contributed by atoms with Gasteiger partial charge in [0.15, 0.2) is 0 Å². The second kappa shape index (κ2) is 3.51. The molecule has 3 heteroatoms. The maximum Gasteiger partial charge on any atom is 0.234 e. The molecule has 16 heavy (non-hydrogen) atoms. The third-order valence-corrected chi connectivity index (χ3v) is 3.04. The van der Waals surface area contributed by atoms with Crippen molar-refractivity contribution in [3.8, 4) is 0 Å². The molecule has 2 N–H and O–H groups in total. The molecule has 0 spiro atoms. The van der Waals surface area contributed by atoms with Gasteiger partial charge in [0.2, 0.25) is 5.91 Å². The third kappa shape index (κ3) is 1.66. The lowest BCUT2D eigenvalue weighted by Gasteiger charge is -2.41. The molecule has 2 atom stereocenters. The number of hydrogen-bond acceptors (Lipinski definition) is 2. The summed E-state index contributed by atoms with van der Waals surface area (Å²) in [6.07, 6.45) is 9.58. The second-order valence-electron chi connectivity index (χ2n) is 5.33. The van der Waals surface area contributed by atoms with Crippen LogP contribution in [0.1, 0.15) is 20.8 Å². The largest absolute Gasteiger partial charge is 0.400 e. The number of nitrogens with zero attached hydrogens (tertiary/aromatic N) is 1. The monoisotopic (exact) mass is 218 g/mol. The molecule has 3 nitrogen and oxygen atoms in total. The van der Waals surface area contributed by atoms with Gasteiger partial charge in [-0.15, -0.1) is 0 Å². The topological polar surface area (TPSA) is 46.3 Å². The summed E-state index contributed by atoms with van der Waals surface area (Å²) in [5.74, 6) is 0.0395. The van der Waals surface area contributed by atoms with Crippen LogP contribution in [0.5, 0.6) is 0 Å². The van der Waals surface area contributed by atoms with E-state index in [2.05, 4.69) is 0 Å². The number of hydrogen-bond donors (Lipinski definition) is 1. The first-order valence-corrected chi connectivity index (χ1v) is 5.56. The van der Waals surface area contributed by atoms with Crippen LogP contribution in [0.3, 0.4) is 0 Å². The van der Waals surface area contributed by atoms with Gasteiger partial charge in [0, 0.05) is 23.4 Å². The lowest BCUT2D eigenvalue weighted by molar-refractivity contribution is -0.137. The van der Waals surface area contributed by atoms with Crippen LogP contribution < -0.4 is 5.73 Å². The van der Waals surface area contributed by atoms with Crippen LogP contribution in [0.2, 0.25) is 0 Å². The third-order valence-electron chi connectivity index (χ3n) is 3.04. The van der Waals surface area contributed by atoms with E-state index in [9.17, 15) is 4.79 Å². The molecule has 1 amide bonds. The summed E-state index contributed by atoms with van der Waals surface area (Å²) < 4.78 is 0. The molecule has 0 fully saturated rings. The van der Waals surface area contributed by atoms with E-state index in [0.29, 0.717) is 0 Å². The minimum atomic E-state index is -0.221. The van der Waals surface area contributed by atoms with Crippen molar-refractivity contribution in [1.82, 2.24) is 4.90 Å². The van der Waals surface area contributed by atoms with Crippen LogP contribution in [0.25, 0.3) is 0 Å². The normalized spacial score (nSPS) is 29.1. The predicted octanol–water partition coefficient (Wildman–Crippen LogP) is 1.79. The van der Waals surface area contributed by atoms with Crippen LogP contribution >= 0.6 is 0 Å². The molecule has 0 radical (unpaired) electrons. The average Bonchev–Trinajstić information content (AvgIpc) is 2.22. The number of fused-ring (bicyclic) bond motifs is 1. The fourth-order valence-electron chi connectivity index (χ4n) is 2.15. The molecule has 2 aliphatic rings. The van der Waals surface area contributed by atoms with Gasteiger partial charge in [-0.2, -0.15) is 0 Å². The summed E-state index contributed by atoms with van der Waals surface area (Å²) in [5, 5.41) is 0. The van der Waals surface area contributed by atoms with Gasteiger partial charge in [0.05, 0.1) is 5.92 Å². The fourth-order valence-corrected chi connectivity index (χ4v) is 2.15. The summed E-state index contributed by atoms with van der Waals surface area (Å²) in [7, 11) is 0. The number of carbonyl (C=O) groups is 1. The van der Waals surface area contributed by atoms with Crippen molar-refractivity contribution in [2.24, 2.45) is 17.6 Å². The summed E-state index contributed by atoms with van der Waals surface area (Å²) in [4.78, 5) is 14.0. The Labute approximate surface area is 96.3 Å². The van der Waals surface area contributed by atoms with Gasteiger partial charge in [-0.3, -0.25) is 4.79 Å². The van der Waals surface area contributed by atoms with Crippen LogP contribution in [0.4, 0.5) is 0 Å². The van der Waals surface area contributed by atoms with Gasteiger partial charge in [-0.25, -0.2) is 0 Å². The number of nitrogens with two attached hydrogens (primary N) is 1. The Morgan fingerprint density at radius 1 is 1.19 bits per heavy atom. The van der Waals surface area contributed by atoms with E-state index in [4.69, 9.17) is 5.73 Å². The summed E-state index contributed by atoms with van der Waals surface area (Å²) >= 11 is 0. The SMILES string of the molecule is CC(C)(C)N1C=C(N)C2C=CC=CC2C1=O. The molecule has 0 aromatic carbocycles. The van der Waals surface area contributed by atoms with Crippen LogP contribution in [0.15, 0.2) is 36.2 Å². The molecule has 0 saturated heterocycles. The van der Waals surface area contributed by atoms with E-state index in [0.717, 1.165) is 5.70 Å². The van der Waals surface area contributed by atoms with E-state index in [1.54, 1.807) is 11.1 Å². The minimum absolute atomic E-state index is 0.0381. The van der Waals surface area contributed by atoms with E-state index in [1.807, 2.05) is 45.1 Å². The maximum absolute atomic E-state index is 12.3. The van der Waals surface area contributed by atoms with Gasteiger partial charge in [-0.1, -0.05) is 24.3 Å². The first-order valence-electron chi connectivity index (χ1n) is 5.56. The van der Waals surface area contributed by atoms with Crippen molar-refractivity contribution in [2.75, 3.05) is 0 Å². The summed E-state index contributed by atoms with van der Waals surface area (Å²) in [6.45, 7) is 6.03. The molecule has 1 heterocycles. The van der Waals surface area contributed by atoms with Crippen LogP contribution in [-0.4, -0.2) is 16.3 Å². The standard InChI is InChI=1S/C13H18N2O/c1-13(2,3)15-8-11(14)9-6-4-5-7-10(9)12(15)16/h4-10H,14H2,1-3H3. The molecule has 1 aliphatic carbocycles. The molecule has 0 bridgehead atoms. The molecule has 2 unspecified atom stereocenters. The van der Waals surface area contributed by atoms with Crippen LogP contribution in [-0.2, 0) is 4.79 Å². The zero-order valence-corrected chi connectivity index (χ0v) is 9.97. The Balaban J connectivity index is 2.41. The van der Waals surface area contributed by atoms with Crippen molar-refractivity contribution in [3.05, 3.63) is 36.2 Å². The predicted molar refractivity (Wildman–Crippen MR) is 64.1 cm³/mol. The lowest BCUT2D eigenvalue weighted by atomic mass is 9.82. The van der Waals surface area contributed by atoms with Crippen molar-refractivity contribution < 1.29 is 4.79 Å². The Bertz CT molecular complexity index is 399. The Morgan fingerprint density at radius 3 is 2.31 bits per heavy atom. The molecule has 1 aliphatic heterocycles. The fraction of sp³-hybridized carbons (Fsp3) is 0.462. The zero-order valence-electron chi connectivity index (χ0n) is 9.97. The Hall–Kier alpha value is -1.51. The van der Waals surface area contributed by atoms with Gasteiger partial charge in [0.1, 0.15) is 0 Å². The lowest BCUT2D eigenvalue weighted by Crippen LogP contribution is -2.50.